The number of aryl methyl sites for hydroxylation is 1. The first-order valence-corrected chi connectivity index (χ1v) is 6.20. The van der Waals surface area contributed by atoms with Gasteiger partial charge in [0, 0.05) is 0 Å². The number of ether oxygens (including phenoxy) is 1. The van der Waals surface area contributed by atoms with Gasteiger partial charge in [0.2, 0.25) is 0 Å². The van der Waals surface area contributed by atoms with E-state index in [1.807, 2.05) is 18.2 Å². The van der Waals surface area contributed by atoms with Crippen molar-refractivity contribution in [3.05, 3.63) is 77.4 Å². The monoisotopic (exact) mass is 238 g/mol. The lowest BCUT2D eigenvalue weighted by Gasteiger charge is -2.01. The summed E-state index contributed by atoms with van der Waals surface area (Å²) >= 11 is 0. The van der Waals surface area contributed by atoms with Crippen LogP contribution in [0.15, 0.2) is 60.7 Å². The van der Waals surface area contributed by atoms with Crippen LogP contribution >= 0.6 is 0 Å². The Labute approximate surface area is 109 Å². The second-order valence-corrected chi connectivity index (χ2v) is 4.26. The van der Waals surface area contributed by atoms with Crippen molar-refractivity contribution in [1.29, 1.82) is 0 Å². The predicted molar refractivity (Wildman–Crippen MR) is 76.3 cm³/mol. The Morgan fingerprint density at radius 1 is 0.944 bits per heavy atom. The van der Waals surface area contributed by atoms with Gasteiger partial charge >= 0.3 is 0 Å². The van der Waals surface area contributed by atoms with Crippen LogP contribution in [-0.4, -0.2) is 6.61 Å². The van der Waals surface area contributed by atoms with Gasteiger partial charge in [-0.1, -0.05) is 66.7 Å². The Hall–Kier alpha value is -1.86. The third-order valence-electron chi connectivity index (χ3n) is 2.81. The molecule has 1 heteroatoms. The Morgan fingerprint density at radius 3 is 2.44 bits per heavy atom. The normalized spacial score (nSPS) is 10.9. The molecule has 0 aromatic heterocycles. The largest absolute Gasteiger partial charge is 0.373 e. The summed E-state index contributed by atoms with van der Waals surface area (Å²) in [5.74, 6) is 0. The molecule has 2 aromatic rings. The maximum Gasteiger partial charge on any atom is 0.0721 e. The molecule has 0 radical (unpaired) electrons. The Bertz CT molecular complexity index is 500. The third kappa shape index (κ3) is 3.86. The lowest BCUT2D eigenvalue weighted by Crippen LogP contribution is -1.92. The number of rotatable bonds is 5. The summed E-state index contributed by atoms with van der Waals surface area (Å²) in [5.41, 5.74) is 3.75. The van der Waals surface area contributed by atoms with E-state index < -0.39 is 0 Å². The van der Waals surface area contributed by atoms with Gasteiger partial charge < -0.3 is 4.74 Å². The zero-order chi connectivity index (χ0) is 12.6. The summed E-state index contributed by atoms with van der Waals surface area (Å²) in [7, 11) is 0. The van der Waals surface area contributed by atoms with Crippen LogP contribution in [0.1, 0.15) is 16.7 Å². The molecule has 0 aliphatic heterocycles. The van der Waals surface area contributed by atoms with Crippen molar-refractivity contribution in [2.75, 3.05) is 6.61 Å². The average Bonchev–Trinajstić information content (AvgIpc) is 2.42. The highest BCUT2D eigenvalue weighted by atomic mass is 16.5. The van der Waals surface area contributed by atoms with Gasteiger partial charge in [-0.15, -0.1) is 0 Å². The van der Waals surface area contributed by atoms with E-state index in [1.54, 1.807) is 0 Å². The first kappa shape index (κ1) is 12.6. The molecule has 1 nitrogen and oxygen atoms in total. The summed E-state index contributed by atoms with van der Waals surface area (Å²) in [5, 5.41) is 0. The molecule has 0 amide bonds. The molecular weight excluding hydrogens is 220 g/mol. The van der Waals surface area contributed by atoms with Crippen molar-refractivity contribution in [2.24, 2.45) is 0 Å². The van der Waals surface area contributed by atoms with Gasteiger partial charge in [-0.3, -0.25) is 0 Å². The van der Waals surface area contributed by atoms with Crippen LogP contribution in [0.5, 0.6) is 0 Å². The predicted octanol–water partition coefficient (Wildman–Crippen LogP) is 4.23. The smallest absolute Gasteiger partial charge is 0.0721 e. The van der Waals surface area contributed by atoms with Crippen LogP contribution in [0, 0.1) is 6.92 Å². The summed E-state index contributed by atoms with van der Waals surface area (Å²) in [6, 6.07) is 18.6. The molecule has 2 rings (SSSR count). The fraction of sp³-hybridized carbons (Fsp3) is 0.176. The van der Waals surface area contributed by atoms with E-state index in [0.717, 1.165) is 0 Å². The lowest BCUT2D eigenvalue weighted by molar-refractivity contribution is 0.149. The molecule has 0 saturated carbocycles. The van der Waals surface area contributed by atoms with E-state index in [2.05, 4.69) is 55.5 Å². The molecule has 0 N–H and O–H groups in total. The van der Waals surface area contributed by atoms with E-state index in [-0.39, 0.29) is 0 Å². The summed E-state index contributed by atoms with van der Waals surface area (Å²) in [4.78, 5) is 0. The number of benzene rings is 2. The maximum atomic E-state index is 5.59. The van der Waals surface area contributed by atoms with Crippen LogP contribution in [0.2, 0.25) is 0 Å². The van der Waals surface area contributed by atoms with E-state index in [1.165, 1.54) is 16.7 Å². The molecule has 0 bridgehead atoms. The third-order valence-corrected chi connectivity index (χ3v) is 2.81. The zero-order valence-corrected chi connectivity index (χ0v) is 10.7. The minimum Gasteiger partial charge on any atom is -0.373 e. The summed E-state index contributed by atoms with van der Waals surface area (Å²) in [6.07, 6.45) is 4.17. The fourth-order valence-corrected chi connectivity index (χ4v) is 1.77. The number of hydrogen-bond donors (Lipinski definition) is 0. The highest BCUT2D eigenvalue weighted by molar-refractivity contribution is 5.53. The molecule has 18 heavy (non-hydrogen) atoms. The van der Waals surface area contributed by atoms with Crippen molar-refractivity contribution in [3.63, 3.8) is 0 Å². The average molecular weight is 238 g/mol. The van der Waals surface area contributed by atoms with Crippen LogP contribution in [0.25, 0.3) is 6.08 Å². The van der Waals surface area contributed by atoms with Gasteiger partial charge in [0.15, 0.2) is 0 Å². The second-order valence-electron chi connectivity index (χ2n) is 4.26. The first-order chi connectivity index (χ1) is 8.86. The Balaban J connectivity index is 1.77. The van der Waals surface area contributed by atoms with Crippen LogP contribution in [0.3, 0.4) is 0 Å². The van der Waals surface area contributed by atoms with Gasteiger partial charge in [-0.25, -0.2) is 0 Å². The van der Waals surface area contributed by atoms with Gasteiger partial charge in [0.05, 0.1) is 13.2 Å². The molecule has 92 valence electrons. The fourth-order valence-electron chi connectivity index (χ4n) is 1.77. The highest BCUT2D eigenvalue weighted by Gasteiger charge is 1.91. The standard InChI is InChI=1S/C17H18O/c1-15-8-5-6-11-17(15)12-7-13-18-14-16-9-3-2-4-10-16/h2-12H,13-14H2,1H3. The quantitative estimate of drug-likeness (QED) is 0.708. The first-order valence-electron chi connectivity index (χ1n) is 6.20. The Kier molecular flexibility index (Phi) is 4.74. The van der Waals surface area contributed by atoms with Crippen LogP contribution in [-0.2, 0) is 11.3 Å². The van der Waals surface area contributed by atoms with Gasteiger partial charge in [-0.2, -0.15) is 0 Å². The number of hydrogen-bond acceptors (Lipinski definition) is 1. The topological polar surface area (TPSA) is 9.23 Å². The minimum atomic E-state index is 0.642. The molecular formula is C17H18O. The molecule has 0 unspecified atom stereocenters. The van der Waals surface area contributed by atoms with Gasteiger partial charge in [0.25, 0.3) is 0 Å². The molecule has 0 atom stereocenters. The van der Waals surface area contributed by atoms with E-state index in [4.69, 9.17) is 4.74 Å². The second kappa shape index (κ2) is 6.77. The van der Waals surface area contributed by atoms with Crippen molar-refractivity contribution in [1.82, 2.24) is 0 Å². The zero-order valence-electron chi connectivity index (χ0n) is 10.7. The summed E-state index contributed by atoms with van der Waals surface area (Å²) < 4.78 is 5.59. The highest BCUT2D eigenvalue weighted by Crippen LogP contribution is 2.08. The lowest BCUT2D eigenvalue weighted by atomic mass is 10.1. The minimum absolute atomic E-state index is 0.642. The molecule has 0 aliphatic rings. The molecule has 0 spiro atoms. The van der Waals surface area contributed by atoms with Crippen molar-refractivity contribution in [3.8, 4) is 0 Å². The molecule has 0 fully saturated rings. The Morgan fingerprint density at radius 2 is 1.67 bits per heavy atom. The van der Waals surface area contributed by atoms with Gasteiger partial charge in [-0.05, 0) is 23.6 Å². The molecule has 2 aromatic carbocycles. The van der Waals surface area contributed by atoms with Crippen LogP contribution < -0.4 is 0 Å². The van der Waals surface area contributed by atoms with E-state index >= 15 is 0 Å². The van der Waals surface area contributed by atoms with Crippen molar-refractivity contribution in [2.45, 2.75) is 13.5 Å². The maximum absolute atomic E-state index is 5.59. The molecule has 0 saturated heterocycles. The van der Waals surface area contributed by atoms with Crippen molar-refractivity contribution < 1.29 is 4.74 Å². The summed E-state index contributed by atoms with van der Waals surface area (Å²) in [6.45, 7) is 3.42. The van der Waals surface area contributed by atoms with E-state index in [9.17, 15) is 0 Å². The van der Waals surface area contributed by atoms with E-state index in [0.29, 0.717) is 13.2 Å². The van der Waals surface area contributed by atoms with Crippen LogP contribution in [0.4, 0.5) is 0 Å². The van der Waals surface area contributed by atoms with Gasteiger partial charge in [0.1, 0.15) is 0 Å². The van der Waals surface area contributed by atoms with Crippen molar-refractivity contribution >= 4 is 6.08 Å². The SMILES string of the molecule is Cc1ccccc1C=CCOCc1ccccc1. The molecule has 0 aliphatic carbocycles. The molecule has 0 heterocycles.